The maximum atomic E-state index is 15.0. The van der Waals surface area contributed by atoms with Crippen LogP contribution in [0.4, 0.5) is 28.9 Å². The summed E-state index contributed by atoms with van der Waals surface area (Å²) in [4.78, 5) is 57.1. The minimum atomic E-state index is -3.83. The largest absolute Gasteiger partial charge is 0.477 e. The van der Waals surface area contributed by atoms with E-state index in [9.17, 15) is 53.6 Å². The van der Waals surface area contributed by atoms with E-state index in [1.807, 2.05) is 52.2 Å². The lowest BCUT2D eigenvalue weighted by atomic mass is 10.00. The number of nitrogens with zero attached hydrogens (tertiary/aromatic N) is 2. The van der Waals surface area contributed by atoms with Crippen LogP contribution < -0.4 is 9.44 Å². The monoisotopic (exact) mass is 1180 g/mol. The van der Waals surface area contributed by atoms with Gasteiger partial charge < -0.3 is 15.1 Å². The number of carboxylic acid groups (broad SMARTS) is 1. The highest BCUT2D eigenvalue weighted by Crippen LogP contribution is 2.31. The van der Waals surface area contributed by atoms with Crippen molar-refractivity contribution >= 4 is 145 Å². The number of carbonyl (C=O) groups excluding carboxylic acids is 3. The first kappa shape index (κ1) is 60.3. The summed E-state index contributed by atoms with van der Waals surface area (Å²) < 4.78 is 106. The molecule has 0 fully saturated rings. The number of halogens is 10. The van der Waals surface area contributed by atoms with E-state index in [2.05, 4.69) is 49.2 Å². The third-order valence-electron chi connectivity index (χ3n) is 9.60. The summed E-state index contributed by atoms with van der Waals surface area (Å²) in [5.74, 6) is -8.49. The molecule has 27 heteroatoms. The second-order valence-electron chi connectivity index (χ2n) is 14.3. The van der Waals surface area contributed by atoms with Crippen LogP contribution in [0.3, 0.4) is 0 Å². The van der Waals surface area contributed by atoms with E-state index in [1.165, 1.54) is 20.0 Å². The van der Waals surface area contributed by atoms with Gasteiger partial charge in [0, 0.05) is 62.3 Å². The topological polar surface area (TPSA) is 238 Å². The van der Waals surface area contributed by atoms with Crippen molar-refractivity contribution in [2.75, 3.05) is 26.3 Å². The molecule has 0 bridgehead atoms. The Morgan fingerprint density at radius 2 is 1.04 bits per heavy atom. The van der Waals surface area contributed by atoms with E-state index in [0.29, 0.717) is 27.7 Å². The summed E-state index contributed by atoms with van der Waals surface area (Å²) in [5.41, 5.74) is 1.81. The van der Waals surface area contributed by atoms with Gasteiger partial charge >= 0.3 is 16.5 Å². The van der Waals surface area contributed by atoms with Gasteiger partial charge in [0.25, 0.3) is 0 Å². The Hall–Kier alpha value is -6.30. The number of alkyl halides is 2. The molecule has 0 saturated carbocycles. The summed E-state index contributed by atoms with van der Waals surface area (Å²) in [6, 6.07) is 23.8. The molecular formula is C47H36Cl6F4N6O9S2. The average Bonchev–Trinajstić information content (AvgIpc) is 4.02. The van der Waals surface area contributed by atoms with E-state index < -0.39 is 88.1 Å². The maximum Gasteiger partial charge on any atom is 0.341 e. The quantitative estimate of drug-likeness (QED) is 0.0253. The molecule has 4 aromatic heterocycles. The van der Waals surface area contributed by atoms with Crippen LogP contribution in [0.1, 0.15) is 40.1 Å². The summed E-state index contributed by atoms with van der Waals surface area (Å²) in [6.07, 6.45) is 6.66. The van der Waals surface area contributed by atoms with Crippen LogP contribution in [0.5, 0.6) is 0 Å². The number of aromatic nitrogens is 4. The highest BCUT2D eigenvalue weighted by Gasteiger charge is 2.26. The molecule has 390 valence electrons. The Labute approximate surface area is 449 Å². The average molecular weight is 1180 g/mol. The van der Waals surface area contributed by atoms with Crippen LogP contribution in [0.15, 0.2) is 116 Å². The molecule has 0 aliphatic heterocycles. The zero-order chi connectivity index (χ0) is 55.1. The van der Waals surface area contributed by atoms with Gasteiger partial charge in [-0.1, -0.05) is 47.5 Å². The normalized spacial score (nSPS) is 10.8. The zero-order valence-electron chi connectivity index (χ0n) is 37.8. The Morgan fingerprint density at radius 1 is 0.608 bits per heavy atom. The van der Waals surface area contributed by atoms with Crippen LogP contribution in [-0.2, 0) is 29.6 Å². The van der Waals surface area contributed by atoms with Gasteiger partial charge in [0.05, 0.1) is 33.8 Å². The summed E-state index contributed by atoms with van der Waals surface area (Å²) in [7, 11) is -7.58. The predicted octanol–water partition coefficient (Wildman–Crippen LogP) is 12.4. The molecule has 4 aromatic carbocycles. The molecule has 74 heavy (non-hydrogen) atoms. The van der Waals surface area contributed by atoms with Crippen molar-refractivity contribution in [2.45, 2.75) is 13.8 Å². The fourth-order valence-corrected chi connectivity index (χ4v) is 7.54. The first-order valence-electron chi connectivity index (χ1n) is 20.6. The SMILES string of the molecule is CCS(=O)(=O)Nc1ccc(F)c(C(=O)O)c1F.CCS(=O)(=O)Nc1ccc(F)c(C(=O)c2c[nH]c3ncc(-c4ccc(Cl)cc4)cc23)c1F.ClCCl.Clc1ccc(-c2cnc3[nH]ccc3c2)cc1.O=C(Cl)C(=O)Cl. The second-order valence-corrected chi connectivity index (χ2v) is 20.7. The molecule has 0 saturated heterocycles. The molecule has 0 atom stereocenters. The molecule has 0 amide bonds. The van der Waals surface area contributed by atoms with Gasteiger partial charge in [0.1, 0.15) is 28.5 Å². The molecular weight excluding hydrogens is 1150 g/mol. The van der Waals surface area contributed by atoms with Gasteiger partial charge in [0.15, 0.2) is 11.6 Å². The minimum Gasteiger partial charge on any atom is -0.477 e. The molecule has 4 heterocycles. The minimum absolute atomic E-state index is 0.00314. The van der Waals surface area contributed by atoms with Crippen molar-refractivity contribution in [1.29, 1.82) is 0 Å². The smallest absolute Gasteiger partial charge is 0.341 e. The van der Waals surface area contributed by atoms with E-state index in [0.717, 1.165) is 50.9 Å². The molecule has 5 N–H and O–H groups in total. The molecule has 0 unspecified atom stereocenters. The van der Waals surface area contributed by atoms with Crippen molar-refractivity contribution in [3.63, 3.8) is 0 Å². The van der Waals surface area contributed by atoms with Crippen molar-refractivity contribution < 1.29 is 58.7 Å². The number of aromatic amines is 2. The first-order valence-corrected chi connectivity index (χ1v) is 26.4. The number of sulfonamides is 2. The van der Waals surface area contributed by atoms with Gasteiger partial charge in [-0.3, -0.25) is 23.8 Å². The molecule has 0 radical (unpaired) electrons. The van der Waals surface area contributed by atoms with Crippen molar-refractivity contribution in [3.8, 4) is 22.3 Å². The lowest BCUT2D eigenvalue weighted by Crippen LogP contribution is -2.17. The van der Waals surface area contributed by atoms with Crippen LogP contribution in [0, 0.1) is 23.3 Å². The maximum absolute atomic E-state index is 15.0. The van der Waals surface area contributed by atoms with Crippen molar-refractivity contribution in [2.24, 2.45) is 0 Å². The Bertz CT molecular complexity index is 3540. The Morgan fingerprint density at radius 3 is 1.49 bits per heavy atom. The number of hydrogen-bond acceptors (Lipinski definition) is 10. The summed E-state index contributed by atoms with van der Waals surface area (Å²) >= 11 is 30.3. The number of pyridine rings is 2. The molecule has 15 nitrogen and oxygen atoms in total. The molecule has 0 spiro atoms. The number of H-pyrrole nitrogens is 2. The van der Waals surface area contributed by atoms with Gasteiger partial charge in [-0.25, -0.2) is 49.2 Å². The number of carboxylic acids is 1. The molecule has 0 aliphatic carbocycles. The van der Waals surface area contributed by atoms with Crippen LogP contribution in [0.25, 0.3) is 44.3 Å². The van der Waals surface area contributed by atoms with Gasteiger partial charge in [-0.2, -0.15) is 0 Å². The lowest BCUT2D eigenvalue weighted by Gasteiger charge is -2.11. The van der Waals surface area contributed by atoms with E-state index in [-0.39, 0.29) is 22.4 Å². The number of benzene rings is 4. The van der Waals surface area contributed by atoms with E-state index in [1.54, 1.807) is 36.5 Å². The number of anilines is 2. The number of carbonyl (C=O) groups is 4. The first-order chi connectivity index (χ1) is 34.9. The van der Waals surface area contributed by atoms with Crippen molar-refractivity contribution in [1.82, 2.24) is 19.9 Å². The second kappa shape index (κ2) is 27.3. The summed E-state index contributed by atoms with van der Waals surface area (Å²) in [5, 5.41) is 9.27. The number of fused-ring (bicyclic) bond motifs is 2. The van der Waals surface area contributed by atoms with Crippen LogP contribution in [0.2, 0.25) is 10.0 Å². The fraction of sp³-hybridized carbons (Fsp3) is 0.106. The van der Waals surface area contributed by atoms with Gasteiger partial charge in [-0.15, -0.1) is 23.2 Å². The van der Waals surface area contributed by atoms with Crippen LogP contribution in [-0.4, -0.2) is 81.0 Å². The number of hydrogen-bond donors (Lipinski definition) is 5. The fourth-order valence-electron chi connectivity index (χ4n) is 6.01. The van der Waals surface area contributed by atoms with Gasteiger partial charge in [0.2, 0.25) is 25.8 Å². The van der Waals surface area contributed by atoms with Gasteiger partial charge in [-0.05, 0) is 115 Å². The number of nitrogens with one attached hydrogen (secondary N) is 4. The predicted molar refractivity (Wildman–Crippen MR) is 281 cm³/mol. The molecule has 0 aliphatic rings. The molecule has 8 aromatic rings. The summed E-state index contributed by atoms with van der Waals surface area (Å²) in [6.45, 7) is 2.69. The molecule has 8 rings (SSSR count). The van der Waals surface area contributed by atoms with Crippen LogP contribution >= 0.6 is 69.6 Å². The van der Waals surface area contributed by atoms with E-state index >= 15 is 0 Å². The standard InChI is InChI=1S/C22H16ClF2N3O3S.C13H9ClN2.C9H9F2NO4S.C2Cl2O2.CH2Cl2/c1-2-32(30,31)28-18-8-7-17(24)19(20(18)25)21(29)16-11-27-22-15(16)9-13(10-26-22)12-3-5-14(23)6-4-12;14-12-3-1-9(2-4-12)11-7-10-5-6-15-13(10)16-8-11;1-2-17(15,16)12-6-4-3-5(10)7(8(6)11)9(13)14;3-1(5)2(4)6;2-1-3/h3-11,28H,2H2,1H3,(H,26,27);1-8H,(H,15,16);3-4,12H,2H2,1H3,(H,13,14);;1H2. The Kier molecular flexibility index (Phi) is 22.2. The highest BCUT2D eigenvalue weighted by atomic mass is 35.5. The number of rotatable bonds is 12. The zero-order valence-corrected chi connectivity index (χ0v) is 44.0. The number of ketones is 1. The Balaban J connectivity index is 0.000000238. The third kappa shape index (κ3) is 16.6. The van der Waals surface area contributed by atoms with Crippen molar-refractivity contribution in [3.05, 3.63) is 166 Å². The van der Waals surface area contributed by atoms with E-state index in [4.69, 9.17) is 51.5 Å². The lowest BCUT2D eigenvalue weighted by molar-refractivity contribution is -0.127. The third-order valence-corrected chi connectivity index (χ3v) is 13.1. The highest BCUT2D eigenvalue weighted by molar-refractivity contribution is 7.92. The number of aromatic carboxylic acids is 1.